The van der Waals surface area contributed by atoms with Crippen LogP contribution in [0.3, 0.4) is 0 Å². The maximum atomic E-state index is 10.9. The molecule has 16 heavy (non-hydrogen) atoms. The molecule has 0 saturated carbocycles. The van der Waals surface area contributed by atoms with E-state index in [1.807, 2.05) is 25.1 Å². The Labute approximate surface area is 94.7 Å². The Morgan fingerprint density at radius 1 is 1.56 bits per heavy atom. The Morgan fingerprint density at radius 3 is 3.00 bits per heavy atom. The average molecular weight is 220 g/mol. The van der Waals surface area contributed by atoms with Crippen molar-refractivity contribution < 1.29 is 9.90 Å². The Balaban J connectivity index is 2.44. The van der Waals surface area contributed by atoms with Crippen LogP contribution in [0.25, 0.3) is 0 Å². The predicted molar refractivity (Wildman–Crippen MR) is 61.3 cm³/mol. The van der Waals surface area contributed by atoms with E-state index < -0.39 is 11.8 Å². The zero-order valence-corrected chi connectivity index (χ0v) is 9.29. The van der Waals surface area contributed by atoms with Crippen LogP contribution < -0.4 is 10.6 Å². The standard InChI is InChI=1S/C12H16N2O2/c1-2-12(14-11(15)16)10-6-4-3-5-9(10)7-8-13-12/h3-6,13-14H,2,7-8H2,1H3,(H,15,16). The quantitative estimate of drug-likeness (QED) is 0.710. The largest absolute Gasteiger partial charge is 0.465 e. The summed E-state index contributed by atoms with van der Waals surface area (Å²) in [5, 5.41) is 14.8. The fourth-order valence-corrected chi connectivity index (χ4v) is 2.36. The zero-order chi connectivity index (χ0) is 11.6. The number of benzene rings is 1. The summed E-state index contributed by atoms with van der Waals surface area (Å²) in [6.45, 7) is 2.77. The van der Waals surface area contributed by atoms with Gasteiger partial charge >= 0.3 is 6.09 Å². The zero-order valence-electron chi connectivity index (χ0n) is 9.29. The normalized spacial score (nSPS) is 23.6. The summed E-state index contributed by atoms with van der Waals surface area (Å²) in [4.78, 5) is 10.9. The molecule has 0 aromatic heterocycles. The van der Waals surface area contributed by atoms with Gasteiger partial charge in [-0.25, -0.2) is 4.79 Å². The first-order chi connectivity index (χ1) is 7.68. The number of carboxylic acid groups (broad SMARTS) is 1. The molecule has 1 aliphatic heterocycles. The maximum Gasteiger partial charge on any atom is 0.406 e. The van der Waals surface area contributed by atoms with E-state index in [-0.39, 0.29) is 0 Å². The second-order valence-electron chi connectivity index (χ2n) is 4.02. The molecule has 2 rings (SSSR count). The van der Waals surface area contributed by atoms with Gasteiger partial charge in [-0.1, -0.05) is 31.2 Å². The van der Waals surface area contributed by atoms with Crippen LogP contribution in [0.5, 0.6) is 0 Å². The lowest BCUT2D eigenvalue weighted by Gasteiger charge is -2.39. The van der Waals surface area contributed by atoms with E-state index in [0.29, 0.717) is 6.42 Å². The molecule has 0 saturated heterocycles. The fourth-order valence-electron chi connectivity index (χ4n) is 2.36. The number of nitrogens with one attached hydrogen (secondary N) is 2. The minimum Gasteiger partial charge on any atom is -0.465 e. The van der Waals surface area contributed by atoms with E-state index in [1.54, 1.807) is 0 Å². The summed E-state index contributed by atoms with van der Waals surface area (Å²) < 4.78 is 0. The van der Waals surface area contributed by atoms with Crippen LogP contribution in [0.4, 0.5) is 4.79 Å². The topological polar surface area (TPSA) is 61.4 Å². The number of carbonyl (C=O) groups is 1. The molecule has 3 N–H and O–H groups in total. The molecule has 0 bridgehead atoms. The van der Waals surface area contributed by atoms with Gasteiger partial charge in [-0.3, -0.25) is 10.6 Å². The van der Waals surface area contributed by atoms with Gasteiger partial charge in [-0.2, -0.15) is 0 Å². The van der Waals surface area contributed by atoms with E-state index in [2.05, 4.69) is 16.7 Å². The van der Waals surface area contributed by atoms with Crippen molar-refractivity contribution in [1.29, 1.82) is 0 Å². The third-order valence-electron chi connectivity index (χ3n) is 3.15. The van der Waals surface area contributed by atoms with Crippen LogP contribution >= 0.6 is 0 Å². The third kappa shape index (κ3) is 1.76. The van der Waals surface area contributed by atoms with E-state index in [0.717, 1.165) is 18.5 Å². The summed E-state index contributed by atoms with van der Waals surface area (Å²) in [5.74, 6) is 0. The van der Waals surface area contributed by atoms with Gasteiger partial charge in [0.25, 0.3) is 0 Å². The number of hydrogen-bond acceptors (Lipinski definition) is 2. The Bertz CT molecular complexity index is 406. The number of hydrogen-bond donors (Lipinski definition) is 3. The maximum absolute atomic E-state index is 10.9. The molecular formula is C12H16N2O2. The van der Waals surface area contributed by atoms with Crippen molar-refractivity contribution in [3.63, 3.8) is 0 Å². The SMILES string of the molecule is CCC1(NC(=O)O)NCCc2ccccc21. The van der Waals surface area contributed by atoms with Crippen LogP contribution in [0.15, 0.2) is 24.3 Å². The van der Waals surface area contributed by atoms with E-state index in [1.165, 1.54) is 5.56 Å². The van der Waals surface area contributed by atoms with Gasteiger partial charge in [0.15, 0.2) is 0 Å². The van der Waals surface area contributed by atoms with Crippen LogP contribution in [0, 0.1) is 0 Å². The highest BCUT2D eigenvalue weighted by atomic mass is 16.4. The van der Waals surface area contributed by atoms with Crippen molar-refractivity contribution in [1.82, 2.24) is 10.6 Å². The van der Waals surface area contributed by atoms with Gasteiger partial charge in [-0.15, -0.1) is 0 Å². The molecule has 1 unspecified atom stereocenters. The lowest BCUT2D eigenvalue weighted by molar-refractivity contribution is 0.161. The molecule has 1 aromatic carbocycles. The molecule has 1 atom stereocenters. The van der Waals surface area contributed by atoms with E-state index in [9.17, 15) is 4.79 Å². The first-order valence-electron chi connectivity index (χ1n) is 5.52. The van der Waals surface area contributed by atoms with Gasteiger partial charge in [-0.05, 0) is 24.0 Å². The number of amides is 1. The molecular weight excluding hydrogens is 204 g/mol. The molecule has 1 heterocycles. The van der Waals surface area contributed by atoms with Crippen molar-refractivity contribution >= 4 is 6.09 Å². The summed E-state index contributed by atoms with van der Waals surface area (Å²) in [5.41, 5.74) is 1.64. The highest BCUT2D eigenvalue weighted by Gasteiger charge is 2.35. The van der Waals surface area contributed by atoms with Gasteiger partial charge < -0.3 is 5.11 Å². The minimum atomic E-state index is -0.994. The number of rotatable bonds is 2. The number of fused-ring (bicyclic) bond motifs is 1. The monoisotopic (exact) mass is 220 g/mol. The van der Waals surface area contributed by atoms with E-state index in [4.69, 9.17) is 5.11 Å². The molecule has 1 amide bonds. The van der Waals surface area contributed by atoms with Gasteiger partial charge in [0.2, 0.25) is 0 Å². The van der Waals surface area contributed by atoms with Gasteiger partial charge in [0.1, 0.15) is 5.66 Å². The second kappa shape index (κ2) is 4.14. The van der Waals surface area contributed by atoms with Gasteiger partial charge in [0, 0.05) is 6.54 Å². The van der Waals surface area contributed by atoms with Crippen LogP contribution in [0.1, 0.15) is 24.5 Å². The summed E-state index contributed by atoms with van der Waals surface area (Å²) in [6.07, 6.45) is 0.640. The Morgan fingerprint density at radius 2 is 2.31 bits per heavy atom. The molecule has 4 nitrogen and oxygen atoms in total. The molecule has 0 fully saturated rings. The van der Waals surface area contributed by atoms with Gasteiger partial charge in [0.05, 0.1) is 0 Å². The van der Waals surface area contributed by atoms with Crippen molar-refractivity contribution in [3.8, 4) is 0 Å². The van der Waals surface area contributed by atoms with Crippen molar-refractivity contribution in [2.45, 2.75) is 25.4 Å². The van der Waals surface area contributed by atoms with Crippen LogP contribution in [-0.2, 0) is 12.1 Å². The highest BCUT2D eigenvalue weighted by molar-refractivity contribution is 5.66. The molecule has 86 valence electrons. The Kier molecular flexibility index (Phi) is 2.83. The predicted octanol–water partition coefficient (Wildman–Crippen LogP) is 1.66. The highest BCUT2D eigenvalue weighted by Crippen LogP contribution is 2.29. The molecule has 0 spiro atoms. The molecule has 1 aromatic rings. The lowest BCUT2D eigenvalue weighted by Crippen LogP contribution is -2.58. The smallest absolute Gasteiger partial charge is 0.406 e. The fraction of sp³-hybridized carbons (Fsp3) is 0.417. The van der Waals surface area contributed by atoms with Crippen molar-refractivity contribution in [2.24, 2.45) is 0 Å². The first kappa shape index (κ1) is 11.0. The van der Waals surface area contributed by atoms with Crippen molar-refractivity contribution in [3.05, 3.63) is 35.4 Å². The average Bonchev–Trinajstić information content (AvgIpc) is 2.29. The van der Waals surface area contributed by atoms with Crippen molar-refractivity contribution in [2.75, 3.05) is 6.54 Å². The second-order valence-corrected chi connectivity index (χ2v) is 4.02. The summed E-state index contributed by atoms with van der Waals surface area (Å²) in [7, 11) is 0. The third-order valence-corrected chi connectivity index (χ3v) is 3.15. The minimum absolute atomic E-state index is 0.624. The van der Waals surface area contributed by atoms with E-state index >= 15 is 0 Å². The molecule has 0 radical (unpaired) electrons. The summed E-state index contributed by atoms with van der Waals surface area (Å²) in [6, 6.07) is 7.98. The molecule has 4 heteroatoms. The summed E-state index contributed by atoms with van der Waals surface area (Å²) >= 11 is 0. The lowest BCUT2D eigenvalue weighted by atomic mass is 9.87. The molecule has 0 aliphatic carbocycles. The Hall–Kier alpha value is -1.55. The first-order valence-corrected chi connectivity index (χ1v) is 5.52. The molecule has 1 aliphatic rings. The van der Waals surface area contributed by atoms with Crippen LogP contribution in [-0.4, -0.2) is 17.7 Å². The van der Waals surface area contributed by atoms with Crippen LogP contribution in [0.2, 0.25) is 0 Å².